The number of aromatic nitrogens is 2. The Morgan fingerprint density at radius 2 is 2.22 bits per heavy atom. The highest BCUT2D eigenvalue weighted by molar-refractivity contribution is 5.00. The van der Waals surface area contributed by atoms with Gasteiger partial charge in [0.25, 0.3) is 0 Å². The number of nitrogens with zero attached hydrogens (tertiary/aromatic N) is 2. The highest BCUT2D eigenvalue weighted by atomic mass is 16.3. The number of rotatable bonds is 5. The summed E-state index contributed by atoms with van der Waals surface area (Å²) in [6, 6.07) is 2.31. The van der Waals surface area contributed by atoms with Gasteiger partial charge in [-0.15, -0.1) is 0 Å². The van der Waals surface area contributed by atoms with Crippen LogP contribution in [-0.4, -0.2) is 27.0 Å². The molecule has 0 saturated heterocycles. The summed E-state index contributed by atoms with van der Waals surface area (Å²) in [6.45, 7) is 3.94. The zero-order chi connectivity index (χ0) is 12.8. The van der Waals surface area contributed by atoms with Gasteiger partial charge >= 0.3 is 0 Å². The van der Waals surface area contributed by atoms with E-state index in [4.69, 9.17) is 0 Å². The fourth-order valence-corrected chi connectivity index (χ4v) is 2.69. The second kappa shape index (κ2) is 6.90. The molecule has 0 bridgehead atoms. The molecule has 2 unspecified atom stereocenters. The molecule has 1 fully saturated rings. The van der Waals surface area contributed by atoms with Crippen molar-refractivity contribution >= 4 is 0 Å². The molecule has 0 aromatic carbocycles. The fraction of sp³-hybridized carbons (Fsp3) is 0.786. The summed E-state index contributed by atoms with van der Waals surface area (Å²) in [4.78, 5) is 0. The Morgan fingerprint density at radius 1 is 1.39 bits per heavy atom. The van der Waals surface area contributed by atoms with Crippen LogP contribution in [0.25, 0.3) is 0 Å². The molecule has 1 aliphatic rings. The summed E-state index contributed by atoms with van der Waals surface area (Å²) < 4.78 is 2.05. The zero-order valence-corrected chi connectivity index (χ0v) is 11.3. The van der Waals surface area contributed by atoms with E-state index in [1.807, 2.05) is 6.20 Å². The largest absolute Gasteiger partial charge is 0.392 e. The van der Waals surface area contributed by atoms with Crippen LogP contribution in [0, 0.1) is 0 Å². The molecule has 1 aromatic rings. The second-order valence-electron chi connectivity index (χ2n) is 5.24. The Labute approximate surface area is 109 Å². The Bertz CT molecular complexity index is 351. The minimum Gasteiger partial charge on any atom is -0.392 e. The third kappa shape index (κ3) is 3.56. The molecule has 1 aromatic heterocycles. The van der Waals surface area contributed by atoms with Gasteiger partial charge in [0.2, 0.25) is 0 Å². The van der Waals surface area contributed by atoms with E-state index in [0.717, 1.165) is 38.8 Å². The number of nitrogens with one attached hydrogen (secondary N) is 1. The van der Waals surface area contributed by atoms with Crippen molar-refractivity contribution in [1.29, 1.82) is 0 Å². The summed E-state index contributed by atoms with van der Waals surface area (Å²) in [7, 11) is 0. The van der Waals surface area contributed by atoms with Crippen molar-refractivity contribution in [1.82, 2.24) is 15.1 Å². The quantitative estimate of drug-likeness (QED) is 0.788. The van der Waals surface area contributed by atoms with Gasteiger partial charge in [-0.25, -0.2) is 0 Å². The third-order valence-corrected chi connectivity index (χ3v) is 3.76. The van der Waals surface area contributed by atoms with Crippen molar-refractivity contribution in [2.45, 2.75) is 70.7 Å². The lowest BCUT2D eigenvalue weighted by molar-refractivity contribution is 0.119. The summed E-state index contributed by atoms with van der Waals surface area (Å²) in [5, 5.41) is 17.9. The topological polar surface area (TPSA) is 50.1 Å². The summed E-state index contributed by atoms with van der Waals surface area (Å²) in [5.41, 5.74) is 1.22. The standard InChI is InChI=1S/C14H25N3O/c1-2-10-17-12(8-9-16-17)11-15-13-6-4-3-5-7-14(13)18/h8-9,13-15,18H,2-7,10-11H2,1H3. The van der Waals surface area contributed by atoms with Crippen LogP contribution in [0.15, 0.2) is 12.3 Å². The summed E-state index contributed by atoms with van der Waals surface area (Å²) in [5.74, 6) is 0. The highest BCUT2D eigenvalue weighted by Crippen LogP contribution is 2.18. The average molecular weight is 251 g/mol. The molecule has 2 N–H and O–H groups in total. The number of aliphatic hydroxyl groups is 1. The first-order valence-corrected chi connectivity index (χ1v) is 7.23. The monoisotopic (exact) mass is 251 g/mol. The molecule has 1 heterocycles. The molecule has 102 valence electrons. The first-order chi connectivity index (χ1) is 8.81. The summed E-state index contributed by atoms with van der Waals surface area (Å²) in [6.07, 6.45) is 8.43. The van der Waals surface area contributed by atoms with Gasteiger partial charge in [0.05, 0.1) is 11.8 Å². The number of hydrogen-bond acceptors (Lipinski definition) is 3. The minimum absolute atomic E-state index is 0.185. The van der Waals surface area contributed by atoms with Crippen molar-refractivity contribution in [2.24, 2.45) is 0 Å². The van der Waals surface area contributed by atoms with Gasteiger partial charge in [-0.3, -0.25) is 4.68 Å². The van der Waals surface area contributed by atoms with E-state index < -0.39 is 0 Å². The molecule has 0 radical (unpaired) electrons. The van der Waals surface area contributed by atoms with Gasteiger partial charge in [-0.05, 0) is 25.3 Å². The van der Waals surface area contributed by atoms with Crippen molar-refractivity contribution in [3.63, 3.8) is 0 Å². The second-order valence-corrected chi connectivity index (χ2v) is 5.24. The Kier molecular flexibility index (Phi) is 5.20. The van der Waals surface area contributed by atoms with Crippen molar-refractivity contribution in [2.75, 3.05) is 0 Å². The maximum atomic E-state index is 10.1. The van der Waals surface area contributed by atoms with Crippen LogP contribution in [0.1, 0.15) is 51.1 Å². The van der Waals surface area contributed by atoms with E-state index >= 15 is 0 Å². The van der Waals surface area contributed by atoms with Gasteiger partial charge in [0, 0.05) is 25.3 Å². The van der Waals surface area contributed by atoms with Crippen LogP contribution >= 0.6 is 0 Å². The fourth-order valence-electron chi connectivity index (χ4n) is 2.69. The molecule has 18 heavy (non-hydrogen) atoms. The van der Waals surface area contributed by atoms with Crippen molar-refractivity contribution < 1.29 is 5.11 Å². The van der Waals surface area contributed by atoms with Gasteiger partial charge in [-0.1, -0.05) is 26.2 Å². The predicted molar refractivity (Wildman–Crippen MR) is 72.2 cm³/mol. The molecule has 4 nitrogen and oxygen atoms in total. The molecule has 0 amide bonds. The summed E-state index contributed by atoms with van der Waals surface area (Å²) >= 11 is 0. The number of aliphatic hydroxyl groups excluding tert-OH is 1. The van der Waals surface area contributed by atoms with E-state index in [1.54, 1.807) is 0 Å². The van der Waals surface area contributed by atoms with E-state index in [-0.39, 0.29) is 12.1 Å². The maximum Gasteiger partial charge on any atom is 0.0693 e. The van der Waals surface area contributed by atoms with Crippen LogP contribution < -0.4 is 5.32 Å². The molecule has 0 aliphatic heterocycles. The normalized spacial score (nSPS) is 25.0. The molecule has 4 heteroatoms. The van der Waals surface area contributed by atoms with E-state index in [2.05, 4.69) is 28.1 Å². The molecular formula is C14H25N3O. The third-order valence-electron chi connectivity index (χ3n) is 3.76. The van der Waals surface area contributed by atoms with E-state index in [0.29, 0.717) is 0 Å². The molecule has 2 atom stereocenters. The Hall–Kier alpha value is -0.870. The lowest BCUT2D eigenvalue weighted by Gasteiger charge is -2.22. The van der Waals surface area contributed by atoms with Gasteiger partial charge < -0.3 is 10.4 Å². The SMILES string of the molecule is CCCn1nccc1CNC1CCCCCC1O. The first kappa shape index (κ1) is 13.6. The lowest BCUT2D eigenvalue weighted by Crippen LogP contribution is -2.39. The first-order valence-electron chi connectivity index (χ1n) is 7.23. The van der Waals surface area contributed by atoms with Crippen LogP contribution in [-0.2, 0) is 13.1 Å². The Balaban J connectivity index is 1.87. The highest BCUT2D eigenvalue weighted by Gasteiger charge is 2.21. The molecule has 2 rings (SSSR count). The lowest BCUT2D eigenvalue weighted by atomic mass is 10.1. The predicted octanol–water partition coefficient (Wildman–Crippen LogP) is 2.08. The minimum atomic E-state index is -0.185. The number of hydrogen-bond donors (Lipinski definition) is 2. The van der Waals surface area contributed by atoms with Gasteiger partial charge in [-0.2, -0.15) is 5.10 Å². The van der Waals surface area contributed by atoms with Crippen LogP contribution in [0.2, 0.25) is 0 Å². The van der Waals surface area contributed by atoms with Gasteiger partial charge in [0.1, 0.15) is 0 Å². The van der Waals surface area contributed by atoms with Gasteiger partial charge in [0.15, 0.2) is 0 Å². The van der Waals surface area contributed by atoms with Crippen LogP contribution in [0.5, 0.6) is 0 Å². The van der Waals surface area contributed by atoms with Crippen molar-refractivity contribution in [3.05, 3.63) is 18.0 Å². The van der Waals surface area contributed by atoms with Crippen molar-refractivity contribution in [3.8, 4) is 0 Å². The smallest absolute Gasteiger partial charge is 0.0693 e. The molecule has 1 saturated carbocycles. The average Bonchev–Trinajstić information content (AvgIpc) is 2.70. The Morgan fingerprint density at radius 3 is 3.06 bits per heavy atom. The van der Waals surface area contributed by atoms with Crippen LogP contribution in [0.3, 0.4) is 0 Å². The van der Waals surface area contributed by atoms with E-state index in [9.17, 15) is 5.11 Å². The molecule has 0 spiro atoms. The maximum absolute atomic E-state index is 10.1. The molecule has 1 aliphatic carbocycles. The zero-order valence-electron chi connectivity index (χ0n) is 11.3. The molecular weight excluding hydrogens is 226 g/mol. The van der Waals surface area contributed by atoms with Crippen LogP contribution in [0.4, 0.5) is 0 Å². The van der Waals surface area contributed by atoms with E-state index in [1.165, 1.54) is 18.5 Å². The number of aryl methyl sites for hydroxylation is 1.